The van der Waals surface area contributed by atoms with Gasteiger partial charge in [-0.15, -0.1) is 0 Å². The molecule has 29 heavy (non-hydrogen) atoms. The highest BCUT2D eigenvalue weighted by Crippen LogP contribution is 2.22. The SMILES string of the molecule is C[C@H](OC(=O)Cc1ccc2c(c1)CCCC2)C(=O)Nc1cccc(S(N)(=O)=O)c1. The lowest BCUT2D eigenvalue weighted by Gasteiger charge is -2.17. The number of aryl methyl sites for hydroxylation is 2. The summed E-state index contributed by atoms with van der Waals surface area (Å²) in [5, 5.41) is 7.62. The summed E-state index contributed by atoms with van der Waals surface area (Å²) in [5.74, 6) is -1.06. The van der Waals surface area contributed by atoms with E-state index in [0.717, 1.165) is 24.8 Å². The molecule has 7 nitrogen and oxygen atoms in total. The van der Waals surface area contributed by atoms with E-state index in [1.807, 2.05) is 12.1 Å². The number of hydrogen-bond donors (Lipinski definition) is 2. The lowest BCUT2D eigenvalue weighted by molar-refractivity contribution is -0.152. The first-order valence-electron chi connectivity index (χ1n) is 9.46. The van der Waals surface area contributed by atoms with Crippen LogP contribution >= 0.6 is 0 Å². The fraction of sp³-hybridized carbons (Fsp3) is 0.333. The summed E-state index contributed by atoms with van der Waals surface area (Å²) in [6, 6.07) is 11.6. The van der Waals surface area contributed by atoms with Gasteiger partial charge in [0, 0.05) is 5.69 Å². The topological polar surface area (TPSA) is 116 Å². The quantitative estimate of drug-likeness (QED) is 0.701. The van der Waals surface area contributed by atoms with Crippen LogP contribution in [0.15, 0.2) is 47.4 Å². The smallest absolute Gasteiger partial charge is 0.311 e. The van der Waals surface area contributed by atoms with Gasteiger partial charge in [-0.05, 0) is 67.5 Å². The molecule has 0 saturated heterocycles. The fourth-order valence-corrected chi connectivity index (χ4v) is 3.91. The van der Waals surface area contributed by atoms with Gasteiger partial charge < -0.3 is 10.1 Å². The lowest BCUT2D eigenvalue weighted by Crippen LogP contribution is -2.30. The number of nitrogens with two attached hydrogens (primary N) is 1. The van der Waals surface area contributed by atoms with Crippen molar-refractivity contribution in [1.29, 1.82) is 0 Å². The Hall–Kier alpha value is -2.71. The van der Waals surface area contributed by atoms with Crippen LogP contribution in [0.3, 0.4) is 0 Å². The minimum absolute atomic E-state index is 0.0891. The molecule has 1 amide bonds. The number of hydrogen-bond acceptors (Lipinski definition) is 5. The van der Waals surface area contributed by atoms with E-state index in [9.17, 15) is 18.0 Å². The van der Waals surface area contributed by atoms with Crippen LogP contribution < -0.4 is 10.5 Å². The number of esters is 1. The Morgan fingerprint density at radius 2 is 1.83 bits per heavy atom. The van der Waals surface area contributed by atoms with Gasteiger partial charge in [0.15, 0.2) is 6.10 Å². The molecule has 2 aromatic rings. The maximum Gasteiger partial charge on any atom is 0.311 e. The third-order valence-corrected chi connectivity index (χ3v) is 5.78. The molecule has 0 fully saturated rings. The molecule has 154 valence electrons. The molecule has 8 heteroatoms. The number of fused-ring (bicyclic) bond motifs is 1. The van der Waals surface area contributed by atoms with Gasteiger partial charge in [0.2, 0.25) is 10.0 Å². The molecule has 0 radical (unpaired) electrons. The maximum absolute atomic E-state index is 12.3. The highest BCUT2D eigenvalue weighted by Gasteiger charge is 2.19. The molecule has 1 aliphatic carbocycles. The molecule has 0 aromatic heterocycles. The molecule has 1 aliphatic rings. The van der Waals surface area contributed by atoms with Crippen molar-refractivity contribution in [3.8, 4) is 0 Å². The highest BCUT2D eigenvalue weighted by molar-refractivity contribution is 7.89. The maximum atomic E-state index is 12.3. The minimum Gasteiger partial charge on any atom is -0.452 e. The molecule has 0 heterocycles. The predicted octanol–water partition coefficient (Wildman–Crippen LogP) is 2.33. The number of primary sulfonamides is 1. The van der Waals surface area contributed by atoms with Crippen LogP contribution in [0.4, 0.5) is 5.69 Å². The van der Waals surface area contributed by atoms with Gasteiger partial charge in [-0.1, -0.05) is 24.3 Å². The lowest BCUT2D eigenvalue weighted by atomic mass is 9.90. The van der Waals surface area contributed by atoms with Crippen molar-refractivity contribution < 1.29 is 22.7 Å². The number of carbonyl (C=O) groups excluding carboxylic acids is 2. The van der Waals surface area contributed by atoms with E-state index in [0.29, 0.717) is 0 Å². The third-order valence-electron chi connectivity index (χ3n) is 4.87. The van der Waals surface area contributed by atoms with Crippen LogP contribution in [-0.4, -0.2) is 26.4 Å². The van der Waals surface area contributed by atoms with Gasteiger partial charge in [-0.25, -0.2) is 13.6 Å². The molecular formula is C21H24N2O5S. The zero-order chi connectivity index (χ0) is 21.0. The van der Waals surface area contributed by atoms with Gasteiger partial charge in [0.05, 0.1) is 11.3 Å². The summed E-state index contributed by atoms with van der Waals surface area (Å²) in [6.45, 7) is 1.46. The first-order valence-corrected chi connectivity index (χ1v) is 11.0. The van der Waals surface area contributed by atoms with E-state index >= 15 is 0 Å². The van der Waals surface area contributed by atoms with Gasteiger partial charge in [-0.2, -0.15) is 0 Å². The average molecular weight is 416 g/mol. The predicted molar refractivity (Wildman–Crippen MR) is 109 cm³/mol. The number of amides is 1. The number of benzene rings is 2. The van der Waals surface area contributed by atoms with E-state index < -0.39 is 28.0 Å². The molecule has 1 atom stereocenters. The molecular weight excluding hydrogens is 392 g/mol. The zero-order valence-corrected chi connectivity index (χ0v) is 17.0. The van der Waals surface area contributed by atoms with E-state index in [2.05, 4.69) is 11.4 Å². The van der Waals surface area contributed by atoms with Crippen LogP contribution in [0, 0.1) is 0 Å². The second-order valence-electron chi connectivity index (χ2n) is 7.18. The number of anilines is 1. The highest BCUT2D eigenvalue weighted by atomic mass is 32.2. The summed E-state index contributed by atoms with van der Waals surface area (Å²) in [7, 11) is -3.88. The van der Waals surface area contributed by atoms with E-state index in [1.165, 1.54) is 48.7 Å². The number of ether oxygens (including phenoxy) is 1. The van der Waals surface area contributed by atoms with Gasteiger partial charge in [-0.3, -0.25) is 9.59 Å². The third kappa shape index (κ3) is 5.65. The number of nitrogens with one attached hydrogen (secondary N) is 1. The molecule has 0 aliphatic heterocycles. The minimum atomic E-state index is -3.88. The Bertz CT molecular complexity index is 1030. The van der Waals surface area contributed by atoms with Crippen LogP contribution in [0.2, 0.25) is 0 Å². The van der Waals surface area contributed by atoms with Crippen LogP contribution in [0.1, 0.15) is 36.5 Å². The Morgan fingerprint density at radius 3 is 2.55 bits per heavy atom. The average Bonchev–Trinajstić information content (AvgIpc) is 2.67. The summed E-state index contributed by atoms with van der Waals surface area (Å²) < 4.78 is 28.1. The van der Waals surface area contributed by atoms with Gasteiger partial charge in [0.25, 0.3) is 5.91 Å². The first-order chi connectivity index (χ1) is 13.7. The Balaban J connectivity index is 1.57. The van der Waals surface area contributed by atoms with E-state index in [4.69, 9.17) is 9.88 Å². The Labute approximate surface area is 170 Å². The molecule has 2 aromatic carbocycles. The number of carbonyl (C=O) groups is 2. The second-order valence-corrected chi connectivity index (χ2v) is 8.74. The van der Waals surface area contributed by atoms with Gasteiger partial charge in [0.1, 0.15) is 0 Å². The molecule has 0 spiro atoms. The van der Waals surface area contributed by atoms with Crippen molar-refractivity contribution in [2.75, 3.05) is 5.32 Å². The van der Waals surface area contributed by atoms with Crippen molar-refractivity contribution in [1.82, 2.24) is 0 Å². The summed E-state index contributed by atoms with van der Waals surface area (Å²) in [5.41, 5.74) is 3.73. The second kappa shape index (κ2) is 8.75. The fourth-order valence-electron chi connectivity index (χ4n) is 3.35. The zero-order valence-electron chi connectivity index (χ0n) is 16.2. The largest absolute Gasteiger partial charge is 0.452 e. The van der Waals surface area contributed by atoms with Crippen molar-refractivity contribution in [2.24, 2.45) is 5.14 Å². The molecule has 3 rings (SSSR count). The van der Waals surface area contributed by atoms with E-state index in [1.54, 1.807) is 0 Å². The van der Waals surface area contributed by atoms with Crippen LogP contribution in [-0.2, 0) is 43.6 Å². The normalized spacial score (nSPS) is 14.6. The van der Waals surface area contributed by atoms with Crippen molar-refractivity contribution in [3.05, 3.63) is 59.2 Å². The Kier molecular flexibility index (Phi) is 6.34. The van der Waals surface area contributed by atoms with Gasteiger partial charge >= 0.3 is 5.97 Å². The first kappa shape index (κ1) is 21.0. The van der Waals surface area contributed by atoms with Crippen molar-refractivity contribution >= 4 is 27.6 Å². The monoisotopic (exact) mass is 416 g/mol. The van der Waals surface area contributed by atoms with E-state index in [-0.39, 0.29) is 17.0 Å². The number of sulfonamides is 1. The van der Waals surface area contributed by atoms with Crippen LogP contribution in [0.5, 0.6) is 0 Å². The summed E-state index contributed by atoms with van der Waals surface area (Å²) in [6.07, 6.45) is 3.51. The Morgan fingerprint density at radius 1 is 1.10 bits per heavy atom. The summed E-state index contributed by atoms with van der Waals surface area (Å²) >= 11 is 0. The van der Waals surface area contributed by atoms with Crippen molar-refractivity contribution in [3.63, 3.8) is 0 Å². The molecule has 3 N–H and O–H groups in total. The standard InChI is InChI=1S/C21H24N2O5S/c1-14(21(25)23-18-7-4-8-19(13-18)29(22,26)27)28-20(24)12-15-9-10-16-5-2-3-6-17(16)11-15/h4,7-11,13-14H,2-3,5-6,12H2,1H3,(H,23,25)(H2,22,26,27)/t14-/m0/s1. The molecule has 0 bridgehead atoms. The summed E-state index contributed by atoms with van der Waals surface area (Å²) in [4.78, 5) is 24.4. The molecule has 0 unspecified atom stereocenters. The molecule has 0 saturated carbocycles. The number of rotatable bonds is 6. The van der Waals surface area contributed by atoms with Crippen molar-refractivity contribution in [2.45, 2.75) is 50.0 Å². The van der Waals surface area contributed by atoms with Crippen LogP contribution in [0.25, 0.3) is 0 Å².